The lowest BCUT2D eigenvalue weighted by molar-refractivity contribution is -0.134. The zero-order valence-electron chi connectivity index (χ0n) is 21.8. The molecular weight excluding hydrogens is 504 g/mol. The molecule has 1 fully saturated rings. The summed E-state index contributed by atoms with van der Waals surface area (Å²) in [6.07, 6.45) is 4.02. The van der Waals surface area contributed by atoms with Crippen molar-refractivity contribution < 1.29 is 13.2 Å². The SMILES string of the molecule is CCC1CCN(C(=O)[C@H](Cc2nc3ccccc3s2)NS(=O)(=O)c2cccc3c2NCC(C)(C)C3)CC1. The van der Waals surface area contributed by atoms with Gasteiger partial charge in [-0.05, 0) is 54.4 Å². The second kappa shape index (κ2) is 10.3. The molecule has 7 nitrogen and oxygen atoms in total. The molecular formula is C28H36N4O3S2. The summed E-state index contributed by atoms with van der Waals surface area (Å²) in [5.74, 6) is 0.450. The fourth-order valence-electron chi connectivity index (χ4n) is 5.45. The molecule has 37 heavy (non-hydrogen) atoms. The number of sulfonamides is 1. The number of thiazole rings is 1. The van der Waals surface area contributed by atoms with E-state index in [1.807, 2.05) is 35.2 Å². The number of anilines is 1. The third-order valence-corrected chi connectivity index (χ3v) is 10.2. The fraction of sp³-hybridized carbons (Fsp3) is 0.500. The van der Waals surface area contributed by atoms with E-state index >= 15 is 0 Å². The molecule has 2 aliphatic heterocycles. The van der Waals surface area contributed by atoms with Gasteiger partial charge in [-0.1, -0.05) is 51.5 Å². The second-order valence-corrected chi connectivity index (χ2v) is 13.9. The van der Waals surface area contributed by atoms with Crippen LogP contribution in [0.3, 0.4) is 0 Å². The molecule has 0 unspecified atom stereocenters. The molecule has 0 radical (unpaired) electrons. The van der Waals surface area contributed by atoms with E-state index in [1.54, 1.807) is 12.1 Å². The molecule has 3 heterocycles. The molecule has 9 heteroatoms. The zero-order valence-corrected chi connectivity index (χ0v) is 23.4. The molecule has 1 amide bonds. The second-order valence-electron chi connectivity index (χ2n) is 11.1. The number of benzene rings is 2. The van der Waals surface area contributed by atoms with Crippen LogP contribution in [0.5, 0.6) is 0 Å². The number of carbonyl (C=O) groups is 1. The molecule has 3 aromatic rings. The normalized spacial score (nSPS) is 18.8. The number of fused-ring (bicyclic) bond motifs is 2. The van der Waals surface area contributed by atoms with Crippen LogP contribution < -0.4 is 10.0 Å². The summed E-state index contributed by atoms with van der Waals surface area (Å²) < 4.78 is 31.4. The number of nitrogens with one attached hydrogen (secondary N) is 2. The molecule has 2 aliphatic rings. The van der Waals surface area contributed by atoms with Crippen LogP contribution in [0.4, 0.5) is 5.69 Å². The van der Waals surface area contributed by atoms with Gasteiger partial charge in [0.05, 0.1) is 20.9 Å². The zero-order chi connectivity index (χ0) is 26.2. The Morgan fingerprint density at radius 3 is 2.68 bits per heavy atom. The summed E-state index contributed by atoms with van der Waals surface area (Å²) >= 11 is 1.51. The lowest BCUT2D eigenvalue weighted by Gasteiger charge is -2.35. The van der Waals surface area contributed by atoms with Gasteiger partial charge in [-0.3, -0.25) is 4.79 Å². The van der Waals surface area contributed by atoms with E-state index in [4.69, 9.17) is 4.98 Å². The van der Waals surface area contributed by atoms with Crippen molar-refractivity contribution in [1.82, 2.24) is 14.6 Å². The van der Waals surface area contributed by atoms with Crippen LogP contribution >= 0.6 is 11.3 Å². The quantitative estimate of drug-likeness (QED) is 0.448. The van der Waals surface area contributed by atoms with Gasteiger partial charge in [0, 0.05) is 26.1 Å². The Kier molecular flexibility index (Phi) is 7.31. The fourth-order valence-corrected chi connectivity index (χ4v) is 7.88. The first-order valence-corrected chi connectivity index (χ1v) is 15.5. The average molecular weight is 541 g/mol. The van der Waals surface area contributed by atoms with E-state index in [0.717, 1.165) is 46.5 Å². The van der Waals surface area contributed by atoms with Crippen molar-refractivity contribution in [3.8, 4) is 0 Å². The molecule has 0 saturated carbocycles. The maximum atomic E-state index is 13.8. The number of piperidine rings is 1. The summed E-state index contributed by atoms with van der Waals surface area (Å²) in [6.45, 7) is 8.52. The van der Waals surface area contributed by atoms with E-state index in [-0.39, 0.29) is 22.6 Å². The largest absolute Gasteiger partial charge is 0.383 e. The van der Waals surface area contributed by atoms with Crippen molar-refractivity contribution in [2.24, 2.45) is 11.3 Å². The van der Waals surface area contributed by atoms with Gasteiger partial charge in [0.25, 0.3) is 0 Å². The molecule has 0 bridgehead atoms. The molecule has 0 aliphatic carbocycles. The van der Waals surface area contributed by atoms with Crippen LogP contribution in [0.15, 0.2) is 47.4 Å². The molecule has 198 valence electrons. The van der Waals surface area contributed by atoms with Gasteiger partial charge in [-0.15, -0.1) is 11.3 Å². The number of hydrogen-bond acceptors (Lipinski definition) is 6. The molecule has 1 saturated heterocycles. The lowest BCUT2D eigenvalue weighted by Crippen LogP contribution is -2.51. The van der Waals surface area contributed by atoms with Crippen LogP contribution in [-0.2, 0) is 27.7 Å². The van der Waals surface area contributed by atoms with Gasteiger partial charge in [0.1, 0.15) is 10.9 Å². The van der Waals surface area contributed by atoms with Crippen LogP contribution in [0, 0.1) is 11.3 Å². The Hall–Kier alpha value is -2.49. The Labute approximate surface area is 223 Å². The molecule has 1 aromatic heterocycles. The number of aromatic nitrogens is 1. The van der Waals surface area contributed by atoms with Gasteiger partial charge in [-0.25, -0.2) is 13.4 Å². The Morgan fingerprint density at radius 1 is 1.19 bits per heavy atom. The van der Waals surface area contributed by atoms with E-state index in [1.165, 1.54) is 11.3 Å². The summed E-state index contributed by atoms with van der Waals surface area (Å²) in [4.78, 5) is 20.5. The first kappa shape index (κ1) is 26.1. The van der Waals surface area contributed by atoms with Crippen molar-refractivity contribution in [2.45, 2.75) is 63.8 Å². The van der Waals surface area contributed by atoms with Crippen molar-refractivity contribution in [3.05, 3.63) is 53.0 Å². The predicted octanol–water partition coefficient (Wildman–Crippen LogP) is 4.83. The predicted molar refractivity (Wildman–Crippen MR) is 149 cm³/mol. The third kappa shape index (κ3) is 5.68. The number of nitrogens with zero attached hydrogens (tertiary/aromatic N) is 2. The molecule has 1 atom stereocenters. The van der Waals surface area contributed by atoms with Crippen molar-refractivity contribution in [3.63, 3.8) is 0 Å². The minimum Gasteiger partial charge on any atom is -0.383 e. The van der Waals surface area contributed by atoms with Crippen molar-refractivity contribution >= 4 is 43.2 Å². The monoisotopic (exact) mass is 540 g/mol. The highest BCUT2D eigenvalue weighted by molar-refractivity contribution is 7.89. The van der Waals surface area contributed by atoms with Gasteiger partial charge < -0.3 is 10.2 Å². The third-order valence-electron chi connectivity index (χ3n) is 7.63. The highest BCUT2D eigenvalue weighted by atomic mass is 32.2. The van der Waals surface area contributed by atoms with Crippen molar-refractivity contribution in [1.29, 1.82) is 0 Å². The van der Waals surface area contributed by atoms with E-state index in [2.05, 4.69) is 30.8 Å². The number of likely N-dealkylation sites (tertiary alicyclic amines) is 1. The summed E-state index contributed by atoms with van der Waals surface area (Å²) in [6, 6.07) is 12.3. The Bertz CT molecular complexity index is 1360. The molecule has 2 aromatic carbocycles. The molecule has 5 rings (SSSR count). The number of amides is 1. The van der Waals surface area contributed by atoms with Gasteiger partial charge in [0.2, 0.25) is 15.9 Å². The van der Waals surface area contributed by atoms with E-state index in [0.29, 0.717) is 31.2 Å². The Morgan fingerprint density at radius 2 is 1.95 bits per heavy atom. The van der Waals surface area contributed by atoms with Crippen LogP contribution in [0.1, 0.15) is 50.6 Å². The topological polar surface area (TPSA) is 91.4 Å². The minimum atomic E-state index is -3.97. The number of para-hydroxylation sites is 2. The summed E-state index contributed by atoms with van der Waals surface area (Å²) in [5, 5.41) is 4.10. The number of carbonyl (C=O) groups excluding carboxylic acids is 1. The molecule has 0 spiro atoms. The Balaban J connectivity index is 1.44. The summed E-state index contributed by atoms with van der Waals surface area (Å²) in [7, 11) is -3.97. The number of rotatable bonds is 7. The maximum absolute atomic E-state index is 13.8. The van der Waals surface area contributed by atoms with Gasteiger partial charge in [-0.2, -0.15) is 4.72 Å². The minimum absolute atomic E-state index is 0.0404. The van der Waals surface area contributed by atoms with E-state index < -0.39 is 16.1 Å². The molecule has 2 N–H and O–H groups in total. The van der Waals surface area contributed by atoms with Crippen molar-refractivity contribution in [2.75, 3.05) is 25.0 Å². The maximum Gasteiger partial charge on any atom is 0.243 e. The average Bonchev–Trinajstić information content (AvgIpc) is 3.29. The van der Waals surface area contributed by atoms with Gasteiger partial charge >= 0.3 is 0 Å². The van der Waals surface area contributed by atoms with Crippen LogP contribution in [-0.4, -0.2) is 49.9 Å². The highest BCUT2D eigenvalue weighted by Gasteiger charge is 2.35. The van der Waals surface area contributed by atoms with Crippen LogP contribution in [0.25, 0.3) is 10.2 Å². The summed E-state index contributed by atoms with van der Waals surface area (Å²) in [5.41, 5.74) is 2.53. The lowest BCUT2D eigenvalue weighted by atomic mass is 9.82. The van der Waals surface area contributed by atoms with Crippen LogP contribution in [0.2, 0.25) is 0 Å². The standard InChI is InChI=1S/C28H36N4O3S2/c1-4-19-12-14-32(15-13-19)27(33)22(16-25-30-21-9-5-6-10-23(21)36-25)31-37(34,35)24-11-7-8-20-17-28(2,3)18-29-26(20)24/h5-11,19,22,29,31H,4,12-18H2,1-3H3/t22-/m0/s1. The van der Waals surface area contributed by atoms with Gasteiger partial charge in [0.15, 0.2) is 0 Å². The smallest absolute Gasteiger partial charge is 0.243 e. The number of hydrogen-bond donors (Lipinski definition) is 2. The first-order valence-electron chi connectivity index (χ1n) is 13.2. The first-order chi connectivity index (χ1) is 17.6. The van der Waals surface area contributed by atoms with E-state index in [9.17, 15) is 13.2 Å². The highest BCUT2D eigenvalue weighted by Crippen LogP contribution is 2.36.